The van der Waals surface area contributed by atoms with Gasteiger partial charge in [-0.25, -0.2) is 4.98 Å². The molecule has 2 unspecified atom stereocenters. The number of aromatic hydroxyl groups is 1. The number of phenols is 1. The van der Waals surface area contributed by atoms with Crippen molar-refractivity contribution in [2.24, 2.45) is 0 Å². The number of piperidine rings is 1. The fraction of sp³-hybridized carbons (Fsp3) is 0.409. The molecule has 0 spiro atoms. The van der Waals surface area contributed by atoms with E-state index in [9.17, 15) is 5.11 Å². The van der Waals surface area contributed by atoms with Gasteiger partial charge >= 0.3 is 6.01 Å². The van der Waals surface area contributed by atoms with E-state index in [0.717, 1.165) is 12.8 Å². The first-order valence-electron chi connectivity index (χ1n) is 10.4. The van der Waals surface area contributed by atoms with Crippen molar-refractivity contribution in [1.82, 2.24) is 30.0 Å². The standard InChI is InChI=1S/C22H24N6O3/c1-28-14-4-5-15(28)11-16(10-14)31-20-8-7-18(26-27-20)17-6-3-13(9-19(17)29)21-23-12-24-22(25-21)30-2/h3,6-9,12,14-16,29H,4-5,10-11H2,1-2H3. The van der Waals surface area contributed by atoms with Crippen LogP contribution in [-0.4, -0.2) is 67.5 Å². The number of aromatic nitrogens is 5. The first-order chi connectivity index (χ1) is 15.1. The van der Waals surface area contributed by atoms with Crippen LogP contribution in [0.2, 0.25) is 0 Å². The lowest BCUT2D eigenvalue weighted by molar-refractivity contribution is 0.0626. The minimum Gasteiger partial charge on any atom is -0.507 e. The van der Waals surface area contributed by atoms with Crippen LogP contribution in [0.4, 0.5) is 0 Å². The predicted octanol–water partition coefficient (Wildman–Crippen LogP) is 2.71. The van der Waals surface area contributed by atoms with Gasteiger partial charge in [0.1, 0.15) is 18.2 Å². The Morgan fingerprint density at radius 2 is 1.84 bits per heavy atom. The minimum atomic E-state index is 0.0618. The largest absolute Gasteiger partial charge is 0.507 e. The molecule has 3 aromatic rings. The molecule has 2 aliphatic rings. The molecule has 5 rings (SSSR count). The number of ether oxygens (including phenoxy) is 2. The molecule has 0 aliphatic carbocycles. The van der Waals surface area contributed by atoms with Crippen molar-refractivity contribution in [3.8, 4) is 40.3 Å². The molecule has 0 amide bonds. The van der Waals surface area contributed by atoms with Crippen LogP contribution in [0, 0.1) is 0 Å². The monoisotopic (exact) mass is 420 g/mol. The molecule has 9 heteroatoms. The maximum absolute atomic E-state index is 10.5. The molecule has 2 bridgehead atoms. The second-order valence-corrected chi connectivity index (χ2v) is 8.05. The van der Waals surface area contributed by atoms with Gasteiger partial charge in [-0.3, -0.25) is 0 Å². The second-order valence-electron chi connectivity index (χ2n) is 8.05. The van der Waals surface area contributed by atoms with Crippen LogP contribution in [0.15, 0.2) is 36.7 Å². The van der Waals surface area contributed by atoms with Crippen LogP contribution in [0.1, 0.15) is 25.7 Å². The van der Waals surface area contributed by atoms with Crippen LogP contribution < -0.4 is 9.47 Å². The summed E-state index contributed by atoms with van der Waals surface area (Å²) in [6, 6.07) is 10.2. The number of rotatable bonds is 5. The van der Waals surface area contributed by atoms with Crippen molar-refractivity contribution in [1.29, 1.82) is 0 Å². The first kappa shape index (κ1) is 19.6. The van der Waals surface area contributed by atoms with Gasteiger partial charge in [-0.05, 0) is 50.9 Å². The van der Waals surface area contributed by atoms with Gasteiger partial charge in [-0.1, -0.05) is 6.07 Å². The average Bonchev–Trinajstić information content (AvgIpc) is 3.00. The Balaban J connectivity index is 1.30. The molecule has 2 saturated heterocycles. The van der Waals surface area contributed by atoms with E-state index in [4.69, 9.17) is 9.47 Å². The van der Waals surface area contributed by atoms with E-state index in [-0.39, 0.29) is 17.9 Å². The maximum Gasteiger partial charge on any atom is 0.319 e. The normalized spacial score (nSPS) is 23.0. The summed E-state index contributed by atoms with van der Waals surface area (Å²) < 4.78 is 11.1. The van der Waals surface area contributed by atoms with E-state index in [1.165, 1.54) is 26.3 Å². The minimum absolute atomic E-state index is 0.0618. The Hall–Kier alpha value is -3.33. The maximum atomic E-state index is 10.5. The molecule has 31 heavy (non-hydrogen) atoms. The Morgan fingerprint density at radius 3 is 2.52 bits per heavy atom. The molecule has 160 valence electrons. The Bertz CT molecular complexity index is 1060. The van der Waals surface area contributed by atoms with Crippen LogP contribution in [0.3, 0.4) is 0 Å². The van der Waals surface area contributed by atoms with E-state index >= 15 is 0 Å². The number of hydrogen-bond acceptors (Lipinski definition) is 9. The van der Waals surface area contributed by atoms with Gasteiger partial charge in [0.25, 0.3) is 0 Å². The summed E-state index contributed by atoms with van der Waals surface area (Å²) in [5.41, 5.74) is 1.78. The van der Waals surface area contributed by atoms with E-state index in [2.05, 4.69) is 37.1 Å². The van der Waals surface area contributed by atoms with Gasteiger partial charge < -0.3 is 19.5 Å². The molecule has 0 radical (unpaired) electrons. The van der Waals surface area contributed by atoms with Gasteiger partial charge in [0.2, 0.25) is 5.88 Å². The fourth-order valence-corrected chi connectivity index (χ4v) is 4.56. The molecule has 2 aromatic heterocycles. The van der Waals surface area contributed by atoms with Gasteiger partial charge in [0.15, 0.2) is 5.82 Å². The number of phenolic OH excluding ortho intramolecular Hbond substituents is 1. The molecule has 2 atom stereocenters. The average molecular weight is 420 g/mol. The third-order valence-corrected chi connectivity index (χ3v) is 6.25. The fourth-order valence-electron chi connectivity index (χ4n) is 4.56. The van der Waals surface area contributed by atoms with E-state index < -0.39 is 0 Å². The molecule has 2 aliphatic heterocycles. The van der Waals surface area contributed by atoms with Gasteiger partial charge in [-0.15, -0.1) is 10.2 Å². The molecular weight excluding hydrogens is 396 g/mol. The Labute approximate surface area is 180 Å². The highest BCUT2D eigenvalue weighted by atomic mass is 16.5. The molecule has 0 saturated carbocycles. The van der Waals surface area contributed by atoms with Crippen LogP contribution in [-0.2, 0) is 0 Å². The highest BCUT2D eigenvalue weighted by Crippen LogP contribution is 2.36. The Morgan fingerprint density at radius 1 is 1.03 bits per heavy atom. The van der Waals surface area contributed by atoms with Crippen LogP contribution >= 0.6 is 0 Å². The van der Waals surface area contributed by atoms with Crippen molar-refractivity contribution in [3.05, 3.63) is 36.7 Å². The Kier molecular flexibility index (Phi) is 5.11. The second kappa shape index (κ2) is 8.07. The highest BCUT2D eigenvalue weighted by Gasteiger charge is 2.39. The van der Waals surface area contributed by atoms with Gasteiger partial charge in [0, 0.05) is 29.3 Å². The number of benzene rings is 1. The third-order valence-electron chi connectivity index (χ3n) is 6.25. The van der Waals surface area contributed by atoms with E-state index in [0.29, 0.717) is 40.6 Å². The van der Waals surface area contributed by atoms with Crippen LogP contribution in [0.5, 0.6) is 17.6 Å². The number of methoxy groups -OCH3 is 1. The molecule has 1 aromatic carbocycles. The lowest BCUT2D eigenvalue weighted by Gasteiger charge is -2.35. The molecule has 4 heterocycles. The highest BCUT2D eigenvalue weighted by molar-refractivity contribution is 5.71. The molecule has 9 nitrogen and oxygen atoms in total. The zero-order valence-electron chi connectivity index (χ0n) is 17.5. The van der Waals surface area contributed by atoms with E-state index in [1.54, 1.807) is 12.1 Å². The first-order valence-corrected chi connectivity index (χ1v) is 10.4. The lowest BCUT2D eigenvalue weighted by Crippen LogP contribution is -2.43. The van der Waals surface area contributed by atoms with E-state index in [1.807, 2.05) is 18.2 Å². The third kappa shape index (κ3) is 3.88. The summed E-state index contributed by atoms with van der Waals surface area (Å²) in [6.07, 6.45) is 6.10. The summed E-state index contributed by atoms with van der Waals surface area (Å²) in [5.74, 6) is 0.994. The van der Waals surface area contributed by atoms with Gasteiger partial charge in [-0.2, -0.15) is 9.97 Å². The zero-order valence-corrected chi connectivity index (χ0v) is 17.5. The predicted molar refractivity (Wildman–Crippen MR) is 113 cm³/mol. The van der Waals surface area contributed by atoms with Crippen molar-refractivity contribution in [2.75, 3.05) is 14.2 Å². The SMILES string of the molecule is COc1ncnc(-c2ccc(-c3ccc(OC4CC5CCC(C4)N5C)nn3)c(O)c2)n1. The number of nitrogens with zero attached hydrogens (tertiary/aromatic N) is 6. The number of fused-ring (bicyclic) bond motifs is 2. The quantitative estimate of drug-likeness (QED) is 0.667. The summed E-state index contributed by atoms with van der Waals surface area (Å²) in [4.78, 5) is 14.7. The summed E-state index contributed by atoms with van der Waals surface area (Å²) >= 11 is 0. The summed E-state index contributed by atoms with van der Waals surface area (Å²) in [7, 11) is 3.70. The molecule has 1 N–H and O–H groups in total. The van der Waals surface area contributed by atoms with Crippen molar-refractivity contribution in [3.63, 3.8) is 0 Å². The van der Waals surface area contributed by atoms with Gasteiger partial charge in [0.05, 0.1) is 12.8 Å². The smallest absolute Gasteiger partial charge is 0.319 e. The zero-order chi connectivity index (χ0) is 21.4. The molecular formula is C22H24N6O3. The molecule has 2 fully saturated rings. The van der Waals surface area contributed by atoms with Crippen molar-refractivity contribution >= 4 is 0 Å². The van der Waals surface area contributed by atoms with Crippen LogP contribution in [0.25, 0.3) is 22.6 Å². The number of hydrogen-bond donors (Lipinski definition) is 1. The lowest BCUT2D eigenvalue weighted by atomic mass is 10.0. The summed E-state index contributed by atoms with van der Waals surface area (Å²) in [5, 5.41) is 19.1. The summed E-state index contributed by atoms with van der Waals surface area (Å²) in [6.45, 7) is 0. The topological polar surface area (TPSA) is 106 Å². The van der Waals surface area contributed by atoms with Crippen molar-refractivity contribution in [2.45, 2.75) is 43.9 Å². The van der Waals surface area contributed by atoms with Crippen molar-refractivity contribution < 1.29 is 14.6 Å².